The van der Waals surface area contributed by atoms with Gasteiger partial charge in [0.05, 0.1) is 25.4 Å². The molecule has 10 heteroatoms. The predicted octanol–water partition coefficient (Wildman–Crippen LogP) is 4.19. The van der Waals surface area contributed by atoms with Crippen LogP contribution in [0.2, 0.25) is 0 Å². The zero-order chi connectivity index (χ0) is 29.4. The van der Waals surface area contributed by atoms with Gasteiger partial charge in [-0.15, -0.1) is 12.4 Å². The number of aliphatic hydroxyl groups excluding tert-OH is 1. The highest BCUT2D eigenvalue weighted by molar-refractivity contribution is 5.97. The molecule has 0 bridgehead atoms. The standard InChI is InChI=1S/C30H53N3O6.ClH/c1-8-9-13-32-30(36)25(21(4)5)18-27(34)26(31)16-22(20(2)3)19-33-29(35)24-12-11-23(38-7)17-28(24)39-15-10-14-37-6;/h11-12,17,20-22,25-27,34H,8-10,13-16,18-19,31H2,1-7H3,(H,32,36)(H,33,35);1H. The zero-order valence-corrected chi connectivity index (χ0v) is 26.4. The Hall–Kier alpha value is -2.07. The van der Waals surface area contributed by atoms with Crippen LogP contribution in [0.25, 0.3) is 0 Å². The number of ether oxygens (including phenoxy) is 3. The van der Waals surface area contributed by atoms with E-state index in [0.29, 0.717) is 62.6 Å². The molecule has 4 atom stereocenters. The first-order valence-corrected chi connectivity index (χ1v) is 14.3. The van der Waals surface area contributed by atoms with E-state index < -0.39 is 12.1 Å². The molecule has 0 aliphatic carbocycles. The second kappa shape index (κ2) is 20.8. The first-order chi connectivity index (χ1) is 18.5. The largest absolute Gasteiger partial charge is 0.497 e. The van der Waals surface area contributed by atoms with Gasteiger partial charge in [0.2, 0.25) is 5.91 Å². The number of unbranched alkanes of at least 4 members (excludes halogenated alkanes) is 1. The smallest absolute Gasteiger partial charge is 0.255 e. The van der Waals surface area contributed by atoms with Crippen molar-refractivity contribution in [3.05, 3.63) is 23.8 Å². The Morgan fingerprint density at radius 3 is 2.27 bits per heavy atom. The Morgan fingerprint density at radius 2 is 1.70 bits per heavy atom. The maximum atomic E-state index is 13.1. The number of carbonyl (C=O) groups is 2. The lowest BCUT2D eigenvalue weighted by Gasteiger charge is -2.30. The Morgan fingerprint density at radius 1 is 1.00 bits per heavy atom. The van der Waals surface area contributed by atoms with Crippen molar-refractivity contribution in [1.29, 1.82) is 0 Å². The minimum atomic E-state index is -0.819. The van der Waals surface area contributed by atoms with Crippen molar-refractivity contribution >= 4 is 24.2 Å². The zero-order valence-electron chi connectivity index (χ0n) is 25.5. The average Bonchev–Trinajstić information content (AvgIpc) is 2.91. The Labute approximate surface area is 247 Å². The Kier molecular flexibility index (Phi) is 19.7. The van der Waals surface area contributed by atoms with Crippen LogP contribution >= 0.6 is 12.4 Å². The molecule has 0 aliphatic heterocycles. The second-order valence-electron chi connectivity index (χ2n) is 11.0. The summed E-state index contributed by atoms with van der Waals surface area (Å²) in [5.74, 6) is 0.822. The van der Waals surface area contributed by atoms with Crippen LogP contribution in [0.3, 0.4) is 0 Å². The van der Waals surface area contributed by atoms with Crippen LogP contribution in [0.15, 0.2) is 18.2 Å². The lowest BCUT2D eigenvalue weighted by molar-refractivity contribution is -0.127. The van der Waals surface area contributed by atoms with Gasteiger partial charge in [-0.25, -0.2) is 0 Å². The summed E-state index contributed by atoms with van der Waals surface area (Å²) >= 11 is 0. The minimum Gasteiger partial charge on any atom is -0.497 e. The number of nitrogens with two attached hydrogens (primary N) is 1. The number of halogens is 1. The summed E-state index contributed by atoms with van der Waals surface area (Å²) in [4.78, 5) is 25.8. The quantitative estimate of drug-likeness (QED) is 0.168. The highest BCUT2D eigenvalue weighted by Gasteiger charge is 2.29. The molecule has 0 saturated carbocycles. The number of hydrogen-bond acceptors (Lipinski definition) is 7. The monoisotopic (exact) mass is 587 g/mol. The fourth-order valence-electron chi connectivity index (χ4n) is 4.38. The third-order valence-corrected chi connectivity index (χ3v) is 7.19. The van der Waals surface area contributed by atoms with Gasteiger partial charge in [-0.05, 0) is 49.1 Å². The predicted molar refractivity (Wildman–Crippen MR) is 162 cm³/mol. The third-order valence-electron chi connectivity index (χ3n) is 7.19. The van der Waals surface area contributed by atoms with Gasteiger partial charge < -0.3 is 35.7 Å². The van der Waals surface area contributed by atoms with E-state index in [1.165, 1.54) is 0 Å². The number of nitrogens with one attached hydrogen (secondary N) is 2. The fraction of sp³-hybridized carbons (Fsp3) is 0.733. The van der Waals surface area contributed by atoms with Crippen LogP contribution in [-0.2, 0) is 9.53 Å². The van der Waals surface area contributed by atoms with Crippen molar-refractivity contribution in [3.63, 3.8) is 0 Å². The van der Waals surface area contributed by atoms with Gasteiger partial charge in [-0.2, -0.15) is 0 Å². The van der Waals surface area contributed by atoms with Crippen molar-refractivity contribution in [1.82, 2.24) is 10.6 Å². The van der Waals surface area contributed by atoms with Gasteiger partial charge >= 0.3 is 0 Å². The summed E-state index contributed by atoms with van der Waals surface area (Å²) in [6, 6.07) is 4.61. The van der Waals surface area contributed by atoms with E-state index in [1.807, 2.05) is 13.8 Å². The van der Waals surface area contributed by atoms with E-state index in [2.05, 4.69) is 31.4 Å². The van der Waals surface area contributed by atoms with Gasteiger partial charge in [-0.3, -0.25) is 9.59 Å². The molecule has 4 unspecified atom stereocenters. The molecule has 1 aromatic carbocycles. The molecule has 0 spiro atoms. The molecule has 0 radical (unpaired) electrons. The topological polar surface area (TPSA) is 132 Å². The summed E-state index contributed by atoms with van der Waals surface area (Å²) in [6.45, 7) is 12.2. The van der Waals surface area contributed by atoms with E-state index in [9.17, 15) is 14.7 Å². The van der Waals surface area contributed by atoms with E-state index in [4.69, 9.17) is 19.9 Å². The summed E-state index contributed by atoms with van der Waals surface area (Å²) < 4.78 is 16.2. The minimum absolute atomic E-state index is 0. The number of aliphatic hydroxyl groups is 1. The van der Waals surface area contributed by atoms with Gasteiger partial charge in [0.15, 0.2) is 0 Å². The molecular weight excluding hydrogens is 534 g/mol. The normalized spacial score (nSPS) is 14.2. The number of amides is 2. The Balaban J connectivity index is 0.0000152. The molecule has 1 aromatic rings. The lowest BCUT2D eigenvalue weighted by atomic mass is 9.83. The molecule has 0 fully saturated rings. The van der Waals surface area contributed by atoms with Crippen molar-refractivity contribution < 1.29 is 28.9 Å². The van der Waals surface area contributed by atoms with Crippen LogP contribution in [0.5, 0.6) is 11.5 Å². The van der Waals surface area contributed by atoms with E-state index in [0.717, 1.165) is 12.8 Å². The maximum absolute atomic E-state index is 13.1. The van der Waals surface area contributed by atoms with Crippen molar-refractivity contribution in [2.45, 2.75) is 78.9 Å². The SMILES string of the molecule is CCCCNC(=O)C(CC(O)C(N)CC(CNC(=O)c1ccc(OC)cc1OCCCOC)C(C)C)C(C)C.Cl. The van der Waals surface area contributed by atoms with Crippen LogP contribution in [0.4, 0.5) is 0 Å². The maximum Gasteiger partial charge on any atom is 0.255 e. The van der Waals surface area contributed by atoms with Crippen LogP contribution in [0, 0.1) is 23.7 Å². The summed E-state index contributed by atoms with van der Waals surface area (Å²) in [5, 5.41) is 16.9. The van der Waals surface area contributed by atoms with Crippen molar-refractivity contribution in [2.75, 3.05) is 40.5 Å². The first-order valence-electron chi connectivity index (χ1n) is 14.3. The second-order valence-corrected chi connectivity index (χ2v) is 11.0. The molecule has 0 saturated heterocycles. The van der Waals surface area contributed by atoms with E-state index >= 15 is 0 Å². The van der Waals surface area contributed by atoms with Crippen molar-refractivity contribution in [3.8, 4) is 11.5 Å². The van der Waals surface area contributed by atoms with Crippen LogP contribution < -0.4 is 25.8 Å². The number of hydrogen-bond donors (Lipinski definition) is 4. The van der Waals surface area contributed by atoms with Gasteiger partial charge in [0, 0.05) is 51.3 Å². The van der Waals surface area contributed by atoms with E-state index in [1.54, 1.807) is 32.4 Å². The van der Waals surface area contributed by atoms with Crippen LogP contribution in [0.1, 0.15) is 77.1 Å². The molecule has 40 heavy (non-hydrogen) atoms. The fourth-order valence-corrected chi connectivity index (χ4v) is 4.38. The molecule has 0 aromatic heterocycles. The summed E-state index contributed by atoms with van der Waals surface area (Å²) in [5.41, 5.74) is 6.87. The lowest BCUT2D eigenvalue weighted by Crippen LogP contribution is -2.44. The van der Waals surface area contributed by atoms with E-state index in [-0.39, 0.29) is 47.9 Å². The first kappa shape index (κ1) is 37.9. The molecule has 0 heterocycles. The average molecular weight is 588 g/mol. The summed E-state index contributed by atoms with van der Waals surface area (Å²) in [7, 11) is 3.20. The number of rotatable bonds is 20. The van der Waals surface area contributed by atoms with Gasteiger partial charge in [-0.1, -0.05) is 41.0 Å². The highest BCUT2D eigenvalue weighted by Crippen LogP contribution is 2.26. The highest BCUT2D eigenvalue weighted by atomic mass is 35.5. The van der Waals surface area contributed by atoms with Gasteiger partial charge in [0.1, 0.15) is 11.5 Å². The van der Waals surface area contributed by atoms with Crippen molar-refractivity contribution in [2.24, 2.45) is 29.4 Å². The molecule has 1 rings (SSSR count). The Bertz CT molecular complexity index is 855. The molecule has 2 amide bonds. The number of carbonyl (C=O) groups excluding carboxylic acids is 2. The van der Waals surface area contributed by atoms with Gasteiger partial charge in [0.25, 0.3) is 5.91 Å². The molecule has 0 aliphatic rings. The molecular formula is C30H54ClN3O6. The number of methoxy groups -OCH3 is 2. The third kappa shape index (κ3) is 13.5. The molecule has 9 nitrogen and oxygen atoms in total. The molecule has 232 valence electrons. The number of benzene rings is 1. The summed E-state index contributed by atoms with van der Waals surface area (Å²) in [6.07, 6.45) is 2.64. The van der Waals surface area contributed by atoms with Crippen LogP contribution in [-0.4, -0.2) is 69.6 Å². The molecule has 5 N–H and O–H groups in total.